The number of aromatic nitrogens is 4. The van der Waals surface area contributed by atoms with Crippen LogP contribution in [0.1, 0.15) is 31.9 Å². The number of hydrogen-bond donors (Lipinski definition) is 0. The molecule has 0 spiro atoms. The maximum Gasteiger partial charge on any atom is 0.314 e. The summed E-state index contributed by atoms with van der Waals surface area (Å²) in [6.45, 7) is 6.07. The number of likely N-dealkylation sites (tertiary alicyclic amines) is 1. The first-order valence-electron chi connectivity index (χ1n) is 11.1. The molecule has 176 valence electrons. The molecular formula is C24H24F2N6O2. The molecule has 1 amide bonds. The second-order valence-electron chi connectivity index (χ2n) is 8.66. The van der Waals surface area contributed by atoms with Crippen LogP contribution in [0.5, 0.6) is 0 Å². The number of fused-ring (bicyclic) bond motifs is 1. The number of carbonyl (C=O) groups is 1. The molecule has 0 unspecified atom stereocenters. The van der Waals surface area contributed by atoms with Gasteiger partial charge in [-0.3, -0.25) is 9.69 Å². The van der Waals surface area contributed by atoms with Crippen molar-refractivity contribution >= 4 is 17.2 Å². The van der Waals surface area contributed by atoms with Gasteiger partial charge in [0.1, 0.15) is 5.65 Å². The van der Waals surface area contributed by atoms with E-state index in [9.17, 15) is 13.6 Å². The third kappa shape index (κ3) is 4.28. The second-order valence-corrected chi connectivity index (χ2v) is 8.66. The fourth-order valence-corrected chi connectivity index (χ4v) is 4.06. The van der Waals surface area contributed by atoms with Gasteiger partial charge in [-0.1, -0.05) is 18.2 Å². The Bertz CT molecular complexity index is 1300. The minimum atomic E-state index is -2.83. The number of alkyl halides is 2. The molecule has 0 radical (unpaired) electrons. The number of anilines is 1. The zero-order valence-electron chi connectivity index (χ0n) is 18.8. The van der Waals surface area contributed by atoms with E-state index >= 15 is 0 Å². The van der Waals surface area contributed by atoms with Gasteiger partial charge in [-0.05, 0) is 38.1 Å². The van der Waals surface area contributed by atoms with E-state index in [-0.39, 0.29) is 17.7 Å². The number of benzene rings is 1. The van der Waals surface area contributed by atoms with Gasteiger partial charge >= 0.3 is 6.43 Å². The highest BCUT2D eigenvalue weighted by atomic mass is 19.3. The van der Waals surface area contributed by atoms with Gasteiger partial charge in [-0.15, -0.1) is 10.2 Å². The van der Waals surface area contributed by atoms with Gasteiger partial charge in [0.15, 0.2) is 0 Å². The number of para-hydroxylation sites is 1. The minimum absolute atomic E-state index is 0.00290. The van der Waals surface area contributed by atoms with Crippen LogP contribution in [0.25, 0.3) is 17.1 Å². The summed E-state index contributed by atoms with van der Waals surface area (Å²) < 4.78 is 32.4. The maximum atomic E-state index is 13.4. The van der Waals surface area contributed by atoms with Crippen molar-refractivity contribution in [1.82, 2.24) is 24.5 Å². The zero-order valence-corrected chi connectivity index (χ0v) is 18.8. The fraction of sp³-hybridized carbons (Fsp3) is 0.333. The number of rotatable bonds is 7. The third-order valence-electron chi connectivity index (χ3n) is 6.03. The topological polar surface area (TPSA) is 79.8 Å². The standard InChI is InChI=1S/C24H24F2N6O2/c1-15(2)31-11-17(12-31)24(33)32(19-6-4-3-5-7-19)14-18-13-30-9-8-16(10-20(30)27-18)22-28-29-23(34-22)21(25)26/h3-10,13,15,17,21H,11-12,14H2,1-2H3. The highest BCUT2D eigenvalue weighted by molar-refractivity contribution is 5.95. The molecule has 8 nitrogen and oxygen atoms in total. The molecule has 1 fully saturated rings. The largest absolute Gasteiger partial charge is 0.415 e. The van der Waals surface area contributed by atoms with E-state index in [2.05, 4.69) is 33.9 Å². The molecule has 1 aliphatic heterocycles. The molecule has 0 atom stereocenters. The van der Waals surface area contributed by atoms with Crippen LogP contribution in [0.3, 0.4) is 0 Å². The zero-order chi connectivity index (χ0) is 23.8. The van der Waals surface area contributed by atoms with E-state index in [0.29, 0.717) is 29.5 Å². The van der Waals surface area contributed by atoms with Crippen LogP contribution in [-0.2, 0) is 11.3 Å². The highest BCUT2D eigenvalue weighted by Crippen LogP contribution is 2.27. The van der Waals surface area contributed by atoms with Crippen molar-refractivity contribution in [2.75, 3.05) is 18.0 Å². The number of pyridine rings is 1. The molecule has 10 heteroatoms. The Labute approximate surface area is 194 Å². The monoisotopic (exact) mass is 466 g/mol. The summed E-state index contributed by atoms with van der Waals surface area (Å²) in [5, 5.41) is 7.07. The summed E-state index contributed by atoms with van der Waals surface area (Å²) in [7, 11) is 0. The van der Waals surface area contributed by atoms with E-state index in [4.69, 9.17) is 4.42 Å². The van der Waals surface area contributed by atoms with Crippen molar-refractivity contribution in [1.29, 1.82) is 0 Å². The van der Waals surface area contributed by atoms with Crippen LogP contribution in [-0.4, -0.2) is 49.5 Å². The molecule has 0 saturated carbocycles. The summed E-state index contributed by atoms with van der Waals surface area (Å²) in [6, 6.07) is 13.4. The molecule has 1 aliphatic rings. The van der Waals surface area contributed by atoms with Crippen molar-refractivity contribution in [2.45, 2.75) is 32.9 Å². The van der Waals surface area contributed by atoms with Crippen LogP contribution in [0.4, 0.5) is 14.5 Å². The van der Waals surface area contributed by atoms with Crippen molar-refractivity contribution in [3.63, 3.8) is 0 Å². The lowest BCUT2D eigenvalue weighted by molar-refractivity contribution is -0.128. The number of halogens is 2. The molecule has 0 bridgehead atoms. The second kappa shape index (κ2) is 8.94. The first kappa shape index (κ1) is 22.1. The predicted octanol–water partition coefficient (Wildman–Crippen LogP) is 4.20. The third-order valence-corrected chi connectivity index (χ3v) is 6.03. The van der Waals surface area contributed by atoms with Gasteiger partial charge in [-0.25, -0.2) is 4.98 Å². The maximum absolute atomic E-state index is 13.4. The summed E-state index contributed by atoms with van der Waals surface area (Å²) in [4.78, 5) is 22.1. The van der Waals surface area contributed by atoms with Gasteiger partial charge < -0.3 is 13.7 Å². The van der Waals surface area contributed by atoms with Crippen molar-refractivity contribution in [3.05, 3.63) is 66.4 Å². The van der Waals surface area contributed by atoms with Gasteiger partial charge in [0.25, 0.3) is 5.89 Å². The number of amides is 1. The average molecular weight is 466 g/mol. The normalized spacial score (nSPS) is 14.8. The smallest absolute Gasteiger partial charge is 0.314 e. The molecule has 0 N–H and O–H groups in total. The summed E-state index contributed by atoms with van der Waals surface area (Å²) >= 11 is 0. The van der Waals surface area contributed by atoms with Crippen LogP contribution >= 0.6 is 0 Å². The average Bonchev–Trinajstić information content (AvgIpc) is 3.43. The number of carbonyl (C=O) groups excluding carboxylic acids is 1. The van der Waals surface area contributed by atoms with Crippen LogP contribution in [0, 0.1) is 5.92 Å². The van der Waals surface area contributed by atoms with Gasteiger partial charge in [0.05, 0.1) is 18.2 Å². The summed E-state index contributed by atoms with van der Waals surface area (Å²) in [5.74, 6) is -0.690. The molecule has 0 aliphatic carbocycles. The Morgan fingerprint density at radius 1 is 1.18 bits per heavy atom. The molecule has 3 aromatic heterocycles. The van der Waals surface area contributed by atoms with E-state index < -0.39 is 12.3 Å². The SMILES string of the molecule is CC(C)N1CC(C(=O)N(Cc2cn3ccc(-c4nnc(C(F)F)o4)cc3n2)c2ccccc2)C1. The lowest BCUT2D eigenvalue weighted by Crippen LogP contribution is -2.56. The molecule has 4 heterocycles. The van der Waals surface area contributed by atoms with E-state index in [0.717, 1.165) is 18.8 Å². The Morgan fingerprint density at radius 3 is 2.62 bits per heavy atom. The van der Waals surface area contributed by atoms with E-state index in [1.807, 2.05) is 36.5 Å². The van der Waals surface area contributed by atoms with Gasteiger partial charge in [0.2, 0.25) is 11.8 Å². The molecule has 34 heavy (non-hydrogen) atoms. The van der Waals surface area contributed by atoms with Crippen molar-refractivity contribution < 1.29 is 18.0 Å². The summed E-state index contributed by atoms with van der Waals surface area (Å²) in [6.07, 6.45) is 0.768. The Hall–Kier alpha value is -3.66. The van der Waals surface area contributed by atoms with Crippen LogP contribution < -0.4 is 4.90 Å². The fourth-order valence-electron chi connectivity index (χ4n) is 4.06. The Morgan fingerprint density at radius 2 is 1.94 bits per heavy atom. The van der Waals surface area contributed by atoms with E-state index in [1.165, 1.54) is 0 Å². The Kier molecular flexibility index (Phi) is 5.82. The van der Waals surface area contributed by atoms with Crippen molar-refractivity contribution in [2.24, 2.45) is 5.92 Å². The molecule has 1 aromatic carbocycles. The lowest BCUT2D eigenvalue weighted by Gasteiger charge is -2.42. The first-order valence-corrected chi connectivity index (χ1v) is 11.1. The van der Waals surface area contributed by atoms with Gasteiger partial charge in [-0.2, -0.15) is 8.78 Å². The molecule has 1 saturated heterocycles. The predicted molar refractivity (Wildman–Crippen MR) is 121 cm³/mol. The quantitative estimate of drug-likeness (QED) is 0.406. The van der Waals surface area contributed by atoms with Gasteiger partial charge in [0, 0.05) is 42.8 Å². The van der Waals surface area contributed by atoms with E-state index in [1.54, 1.807) is 27.6 Å². The van der Waals surface area contributed by atoms with Crippen LogP contribution in [0.15, 0.2) is 59.3 Å². The Balaban J connectivity index is 1.40. The number of hydrogen-bond acceptors (Lipinski definition) is 6. The minimum Gasteiger partial charge on any atom is -0.415 e. The number of imidazole rings is 1. The molecule has 4 aromatic rings. The first-order chi connectivity index (χ1) is 16.4. The number of nitrogens with zero attached hydrogens (tertiary/aromatic N) is 6. The lowest BCUT2D eigenvalue weighted by atomic mass is 9.96. The molecule has 5 rings (SSSR count). The van der Waals surface area contributed by atoms with Crippen molar-refractivity contribution in [3.8, 4) is 11.5 Å². The van der Waals surface area contributed by atoms with Crippen LogP contribution in [0.2, 0.25) is 0 Å². The highest BCUT2D eigenvalue weighted by Gasteiger charge is 2.37. The summed E-state index contributed by atoms with van der Waals surface area (Å²) in [5.41, 5.74) is 2.59. The molecular weight excluding hydrogens is 442 g/mol.